The van der Waals surface area contributed by atoms with Crippen molar-refractivity contribution in [2.75, 3.05) is 0 Å². The van der Waals surface area contributed by atoms with Crippen LogP contribution in [0.3, 0.4) is 0 Å². The number of ketones is 1. The normalized spacial score (nSPS) is 19.8. The Balaban J connectivity index is 2.73. The molecule has 1 fully saturated rings. The number of carbonyl (C=O) groups excluding carboxylic acids is 1. The molecule has 1 rings (SSSR count). The van der Waals surface area contributed by atoms with Gasteiger partial charge in [0.25, 0.3) is 0 Å². The summed E-state index contributed by atoms with van der Waals surface area (Å²) in [4.78, 5) is 10.6. The van der Waals surface area contributed by atoms with Crippen LogP contribution in [0.25, 0.3) is 0 Å². The fraction of sp³-hybridized carbons (Fsp3) is 0.857. The predicted octanol–water partition coefficient (Wildman–Crippen LogP) is 2.55. The molecule has 0 spiro atoms. The minimum Gasteiger partial charge on any atom is -0.292 e. The molecule has 13 heavy (non-hydrogen) atoms. The topological polar surface area (TPSA) is 17.1 Å². The van der Waals surface area contributed by atoms with Crippen molar-refractivity contribution in [1.82, 2.24) is 0 Å². The van der Waals surface area contributed by atoms with Gasteiger partial charge < -0.3 is 0 Å². The van der Waals surface area contributed by atoms with Gasteiger partial charge in [0.1, 0.15) is 0 Å². The van der Waals surface area contributed by atoms with Gasteiger partial charge >= 0.3 is 12.1 Å². The lowest BCUT2D eigenvalue weighted by molar-refractivity contribution is -0.271. The third-order valence-corrected chi connectivity index (χ3v) is 2.14. The first-order chi connectivity index (χ1) is 5.77. The first kappa shape index (κ1) is 10.4. The molecular formula is C7H7F5O. The zero-order valence-corrected chi connectivity index (χ0v) is 6.50. The van der Waals surface area contributed by atoms with Gasteiger partial charge in [0.15, 0.2) is 0 Å². The summed E-state index contributed by atoms with van der Waals surface area (Å²) in [5.41, 5.74) is 0. The van der Waals surface area contributed by atoms with Crippen LogP contribution in [-0.2, 0) is 4.79 Å². The van der Waals surface area contributed by atoms with Crippen molar-refractivity contribution in [2.45, 2.75) is 31.4 Å². The van der Waals surface area contributed by atoms with Crippen LogP contribution in [0.5, 0.6) is 0 Å². The van der Waals surface area contributed by atoms with E-state index in [0.29, 0.717) is 6.42 Å². The molecule has 1 aliphatic rings. The molecular weight excluding hydrogens is 195 g/mol. The van der Waals surface area contributed by atoms with E-state index < -0.39 is 23.8 Å². The van der Waals surface area contributed by atoms with Crippen molar-refractivity contribution in [3.63, 3.8) is 0 Å². The summed E-state index contributed by atoms with van der Waals surface area (Å²) < 4.78 is 59.5. The first-order valence-corrected chi connectivity index (χ1v) is 3.75. The Hall–Kier alpha value is -0.680. The van der Waals surface area contributed by atoms with Crippen molar-refractivity contribution in [3.8, 4) is 0 Å². The van der Waals surface area contributed by atoms with Crippen LogP contribution in [0.15, 0.2) is 0 Å². The molecule has 1 saturated carbocycles. The summed E-state index contributed by atoms with van der Waals surface area (Å²) in [6, 6.07) is 0. The van der Waals surface area contributed by atoms with Gasteiger partial charge in [-0.1, -0.05) is 6.42 Å². The third-order valence-electron chi connectivity index (χ3n) is 2.14. The van der Waals surface area contributed by atoms with E-state index in [1.807, 2.05) is 0 Å². The quantitative estimate of drug-likeness (QED) is 0.629. The van der Waals surface area contributed by atoms with E-state index in [2.05, 4.69) is 0 Å². The Labute approximate surface area is 70.9 Å². The highest BCUT2D eigenvalue weighted by Gasteiger charge is 2.64. The van der Waals surface area contributed by atoms with Gasteiger partial charge in [0, 0.05) is 5.92 Å². The number of Topliss-reactive ketones (excluding diaryl/α,β-unsaturated/α-hetero) is 1. The Morgan fingerprint density at radius 3 is 1.77 bits per heavy atom. The van der Waals surface area contributed by atoms with Gasteiger partial charge in [0.2, 0.25) is 5.78 Å². The first-order valence-electron chi connectivity index (χ1n) is 3.75. The number of halogens is 5. The van der Waals surface area contributed by atoms with E-state index in [1.54, 1.807) is 0 Å². The smallest absolute Gasteiger partial charge is 0.292 e. The Morgan fingerprint density at radius 2 is 1.54 bits per heavy atom. The lowest BCUT2D eigenvalue weighted by Crippen LogP contribution is -2.48. The van der Waals surface area contributed by atoms with E-state index in [9.17, 15) is 26.7 Å². The van der Waals surface area contributed by atoms with Crippen LogP contribution in [0.4, 0.5) is 22.0 Å². The average molecular weight is 202 g/mol. The minimum atomic E-state index is -5.75. The molecule has 0 aromatic heterocycles. The molecule has 0 aliphatic heterocycles. The van der Waals surface area contributed by atoms with Crippen LogP contribution in [0.1, 0.15) is 19.3 Å². The molecule has 0 saturated heterocycles. The van der Waals surface area contributed by atoms with Crippen LogP contribution in [-0.4, -0.2) is 17.9 Å². The summed E-state index contributed by atoms with van der Waals surface area (Å²) in [6.07, 6.45) is -4.92. The monoisotopic (exact) mass is 202 g/mol. The highest BCUT2D eigenvalue weighted by Crippen LogP contribution is 2.41. The molecule has 0 amide bonds. The van der Waals surface area contributed by atoms with Crippen molar-refractivity contribution >= 4 is 5.78 Å². The van der Waals surface area contributed by atoms with Crippen molar-refractivity contribution in [1.29, 1.82) is 0 Å². The van der Waals surface area contributed by atoms with E-state index in [-0.39, 0.29) is 12.8 Å². The molecule has 0 heterocycles. The largest absolute Gasteiger partial charge is 0.461 e. The SMILES string of the molecule is O=C(C1CCC1)C(F)(F)C(F)(F)F. The standard InChI is InChI=1S/C7H7F5O/c8-6(9,7(10,11)12)5(13)4-2-1-3-4/h4H,1-3H2. The maximum absolute atomic E-state index is 12.3. The zero-order chi connectivity index (χ0) is 10.3. The molecule has 76 valence electrons. The molecule has 0 N–H and O–H groups in total. The average Bonchev–Trinajstić information content (AvgIpc) is 1.80. The summed E-state index contributed by atoms with van der Waals surface area (Å²) in [5, 5.41) is 0. The molecule has 0 aromatic carbocycles. The maximum atomic E-state index is 12.3. The van der Waals surface area contributed by atoms with Gasteiger partial charge in [0.05, 0.1) is 0 Å². The predicted molar refractivity (Wildman–Crippen MR) is 33.4 cm³/mol. The third kappa shape index (κ3) is 1.66. The van der Waals surface area contributed by atoms with Gasteiger partial charge in [-0.3, -0.25) is 4.79 Å². The second kappa shape index (κ2) is 2.92. The van der Waals surface area contributed by atoms with E-state index in [1.165, 1.54) is 0 Å². The van der Waals surface area contributed by atoms with E-state index in [0.717, 1.165) is 0 Å². The lowest BCUT2D eigenvalue weighted by atomic mass is 9.80. The summed E-state index contributed by atoms with van der Waals surface area (Å²) in [5.74, 6) is -8.25. The van der Waals surface area contributed by atoms with Gasteiger partial charge in [-0.05, 0) is 12.8 Å². The minimum absolute atomic E-state index is 0.143. The highest BCUT2D eigenvalue weighted by atomic mass is 19.4. The summed E-state index contributed by atoms with van der Waals surface area (Å²) >= 11 is 0. The molecule has 0 radical (unpaired) electrons. The Kier molecular flexibility index (Phi) is 2.34. The second-order valence-electron chi connectivity index (χ2n) is 3.06. The number of hydrogen-bond donors (Lipinski definition) is 0. The molecule has 1 nitrogen and oxygen atoms in total. The van der Waals surface area contributed by atoms with Crippen molar-refractivity contribution < 1.29 is 26.7 Å². The van der Waals surface area contributed by atoms with Crippen molar-refractivity contribution in [2.24, 2.45) is 5.92 Å². The highest BCUT2D eigenvalue weighted by molar-refractivity contribution is 5.89. The van der Waals surface area contributed by atoms with Crippen LogP contribution >= 0.6 is 0 Å². The Morgan fingerprint density at radius 1 is 1.08 bits per heavy atom. The maximum Gasteiger partial charge on any atom is 0.461 e. The molecule has 1 aliphatic carbocycles. The van der Waals surface area contributed by atoms with Gasteiger partial charge in [-0.15, -0.1) is 0 Å². The number of carbonyl (C=O) groups is 1. The molecule has 0 atom stereocenters. The number of alkyl halides is 5. The zero-order valence-electron chi connectivity index (χ0n) is 6.50. The summed E-state index contributed by atoms with van der Waals surface area (Å²) in [7, 11) is 0. The fourth-order valence-corrected chi connectivity index (χ4v) is 1.07. The van der Waals surface area contributed by atoms with Gasteiger partial charge in [-0.2, -0.15) is 22.0 Å². The van der Waals surface area contributed by atoms with Crippen LogP contribution < -0.4 is 0 Å². The van der Waals surface area contributed by atoms with Crippen LogP contribution in [0, 0.1) is 5.92 Å². The molecule has 6 heteroatoms. The van der Waals surface area contributed by atoms with Gasteiger partial charge in [-0.25, -0.2) is 0 Å². The lowest BCUT2D eigenvalue weighted by Gasteiger charge is -2.28. The molecule has 0 unspecified atom stereocenters. The number of hydrogen-bond acceptors (Lipinski definition) is 1. The summed E-state index contributed by atoms with van der Waals surface area (Å²) in [6.45, 7) is 0. The molecule has 0 bridgehead atoms. The van der Waals surface area contributed by atoms with E-state index in [4.69, 9.17) is 0 Å². The second-order valence-corrected chi connectivity index (χ2v) is 3.06. The fourth-order valence-electron chi connectivity index (χ4n) is 1.07. The Bertz CT molecular complexity index is 215. The van der Waals surface area contributed by atoms with Crippen LogP contribution in [0.2, 0.25) is 0 Å². The van der Waals surface area contributed by atoms with E-state index >= 15 is 0 Å². The van der Waals surface area contributed by atoms with Crippen molar-refractivity contribution in [3.05, 3.63) is 0 Å². The molecule has 0 aromatic rings. The number of rotatable bonds is 2.